The summed E-state index contributed by atoms with van der Waals surface area (Å²) in [4.78, 5) is 14.6. The van der Waals surface area contributed by atoms with Gasteiger partial charge in [0.05, 0.1) is 30.0 Å². The fourth-order valence-electron chi connectivity index (χ4n) is 4.15. The first-order valence-corrected chi connectivity index (χ1v) is 14.6. The van der Waals surface area contributed by atoms with E-state index in [0.29, 0.717) is 52.5 Å². The van der Waals surface area contributed by atoms with Crippen molar-refractivity contribution >= 4 is 40.9 Å². The van der Waals surface area contributed by atoms with Gasteiger partial charge in [0.25, 0.3) is 0 Å². The van der Waals surface area contributed by atoms with Gasteiger partial charge in [0.15, 0.2) is 22.5 Å². The molecule has 0 radical (unpaired) electrons. The molecule has 4 aromatic rings. The van der Waals surface area contributed by atoms with Crippen LogP contribution in [0.5, 0.6) is 11.5 Å². The Bertz CT molecular complexity index is 1460. The Hall–Kier alpha value is -3.20. The maximum absolute atomic E-state index is 12.8. The van der Waals surface area contributed by atoms with Gasteiger partial charge in [-0.2, -0.15) is 0 Å². The van der Waals surface area contributed by atoms with Gasteiger partial charge in [-0.3, -0.25) is 9.36 Å². The SMILES string of the molecule is COc1ccc(CCN(C)C(=O)CCCSc2nnc(-c3ccc(C)cc3)n2-c2ccc(Cl)c(Cl)c2)cc1OC. The van der Waals surface area contributed by atoms with E-state index in [-0.39, 0.29) is 5.91 Å². The summed E-state index contributed by atoms with van der Waals surface area (Å²) in [5.74, 6) is 2.90. The van der Waals surface area contributed by atoms with Crippen molar-refractivity contribution in [1.82, 2.24) is 19.7 Å². The molecule has 0 spiro atoms. The highest BCUT2D eigenvalue weighted by Gasteiger charge is 2.18. The van der Waals surface area contributed by atoms with Crippen LogP contribution in [-0.4, -0.2) is 59.1 Å². The van der Waals surface area contributed by atoms with Crippen LogP contribution in [0.3, 0.4) is 0 Å². The van der Waals surface area contributed by atoms with Crippen molar-refractivity contribution in [2.24, 2.45) is 0 Å². The van der Waals surface area contributed by atoms with Crippen molar-refractivity contribution in [2.45, 2.75) is 31.3 Å². The molecule has 0 saturated carbocycles. The number of benzene rings is 3. The molecule has 1 aromatic heterocycles. The van der Waals surface area contributed by atoms with Crippen LogP contribution in [0.4, 0.5) is 0 Å². The van der Waals surface area contributed by atoms with Gasteiger partial charge >= 0.3 is 0 Å². The highest BCUT2D eigenvalue weighted by molar-refractivity contribution is 7.99. The zero-order chi connectivity index (χ0) is 28.6. The molecule has 1 amide bonds. The summed E-state index contributed by atoms with van der Waals surface area (Å²) in [5, 5.41) is 10.6. The van der Waals surface area contributed by atoms with Gasteiger partial charge in [0, 0.05) is 31.3 Å². The fourth-order valence-corrected chi connectivity index (χ4v) is 5.33. The number of aryl methyl sites for hydroxylation is 1. The van der Waals surface area contributed by atoms with E-state index in [2.05, 4.69) is 10.2 Å². The molecule has 0 aliphatic heterocycles. The van der Waals surface area contributed by atoms with Gasteiger partial charge in [-0.1, -0.05) is 70.9 Å². The van der Waals surface area contributed by atoms with E-state index in [4.69, 9.17) is 32.7 Å². The third kappa shape index (κ3) is 7.30. The van der Waals surface area contributed by atoms with Crippen LogP contribution >= 0.6 is 35.0 Å². The molecule has 0 fully saturated rings. The number of halogens is 2. The first kappa shape index (κ1) is 29.8. The summed E-state index contributed by atoms with van der Waals surface area (Å²) in [7, 11) is 5.07. The number of rotatable bonds is 12. The number of ether oxygens (including phenoxy) is 2. The van der Waals surface area contributed by atoms with Gasteiger partial charge in [-0.15, -0.1) is 10.2 Å². The minimum atomic E-state index is 0.104. The number of aromatic nitrogens is 3. The van der Waals surface area contributed by atoms with Crippen LogP contribution in [0, 0.1) is 6.92 Å². The van der Waals surface area contributed by atoms with Crippen molar-refractivity contribution in [3.05, 3.63) is 81.8 Å². The Morgan fingerprint density at radius 1 is 0.950 bits per heavy atom. The molecule has 1 heterocycles. The van der Waals surface area contributed by atoms with E-state index >= 15 is 0 Å². The number of carbonyl (C=O) groups is 1. The molecule has 7 nitrogen and oxygen atoms in total. The van der Waals surface area contributed by atoms with E-state index in [1.54, 1.807) is 36.9 Å². The van der Waals surface area contributed by atoms with Gasteiger partial charge in [-0.05, 0) is 55.7 Å². The van der Waals surface area contributed by atoms with Gasteiger partial charge in [-0.25, -0.2) is 0 Å². The number of carbonyl (C=O) groups excluding carboxylic acids is 1. The topological polar surface area (TPSA) is 69.5 Å². The van der Waals surface area contributed by atoms with Crippen LogP contribution in [0.1, 0.15) is 24.0 Å². The lowest BCUT2D eigenvalue weighted by Crippen LogP contribution is -2.28. The van der Waals surface area contributed by atoms with Gasteiger partial charge < -0.3 is 14.4 Å². The standard InChI is InChI=1S/C30H32Cl2N4O3S/c1-20-7-10-22(11-8-20)29-33-34-30(36(29)23-12-13-24(31)25(32)19-23)40-17-5-6-28(37)35(2)16-15-21-9-14-26(38-3)27(18-21)39-4/h7-14,18-19H,5-6,15-17H2,1-4H3. The highest BCUT2D eigenvalue weighted by Crippen LogP contribution is 2.32. The lowest BCUT2D eigenvalue weighted by molar-refractivity contribution is -0.129. The Balaban J connectivity index is 1.37. The molecule has 0 N–H and O–H groups in total. The molecule has 0 unspecified atom stereocenters. The van der Waals surface area contributed by atoms with Crippen LogP contribution in [0.15, 0.2) is 65.8 Å². The maximum atomic E-state index is 12.8. The number of thioether (sulfide) groups is 1. The highest BCUT2D eigenvalue weighted by atomic mass is 35.5. The second-order valence-corrected chi connectivity index (χ2v) is 11.2. The summed E-state index contributed by atoms with van der Waals surface area (Å²) in [6, 6.07) is 19.4. The molecule has 10 heteroatoms. The van der Waals surface area contributed by atoms with Crippen molar-refractivity contribution in [3.8, 4) is 28.6 Å². The Morgan fingerprint density at radius 2 is 1.70 bits per heavy atom. The Morgan fingerprint density at radius 3 is 2.40 bits per heavy atom. The number of hydrogen-bond donors (Lipinski definition) is 0. The minimum absolute atomic E-state index is 0.104. The van der Waals surface area contributed by atoms with Crippen molar-refractivity contribution in [1.29, 1.82) is 0 Å². The molecule has 40 heavy (non-hydrogen) atoms. The second kappa shape index (κ2) is 13.9. The fraction of sp³-hybridized carbons (Fsp3) is 0.300. The summed E-state index contributed by atoms with van der Waals surface area (Å²) in [6.45, 7) is 2.66. The third-order valence-corrected chi connectivity index (χ3v) is 8.23. The predicted molar refractivity (Wildman–Crippen MR) is 162 cm³/mol. The molecular formula is C30H32Cl2N4O3S. The quantitative estimate of drug-likeness (QED) is 0.127. The molecule has 210 valence electrons. The second-order valence-electron chi connectivity index (χ2n) is 9.31. The average molecular weight is 600 g/mol. The Labute approximate surface area is 249 Å². The van der Waals surface area contributed by atoms with E-state index in [0.717, 1.165) is 34.0 Å². The summed E-state index contributed by atoms with van der Waals surface area (Å²) in [5.41, 5.74) is 4.02. The number of nitrogens with zero attached hydrogens (tertiary/aromatic N) is 4. The summed E-state index contributed by atoms with van der Waals surface area (Å²) < 4.78 is 12.7. The number of methoxy groups -OCH3 is 2. The zero-order valence-corrected chi connectivity index (χ0v) is 25.3. The maximum Gasteiger partial charge on any atom is 0.222 e. The largest absolute Gasteiger partial charge is 0.493 e. The monoisotopic (exact) mass is 598 g/mol. The molecule has 3 aromatic carbocycles. The molecule has 0 saturated heterocycles. The minimum Gasteiger partial charge on any atom is -0.493 e. The van der Waals surface area contributed by atoms with Crippen molar-refractivity contribution < 1.29 is 14.3 Å². The van der Waals surface area contributed by atoms with E-state index < -0.39 is 0 Å². The summed E-state index contributed by atoms with van der Waals surface area (Å²) in [6.07, 6.45) is 1.88. The predicted octanol–water partition coefficient (Wildman–Crippen LogP) is 7.14. The van der Waals surface area contributed by atoms with Crippen LogP contribution < -0.4 is 9.47 Å². The Kier molecular flexibility index (Phi) is 10.4. The first-order valence-electron chi connectivity index (χ1n) is 12.9. The van der Waals surface area contributed by atoms with E-state index in [1.165, 1.54) is 0 Å². The van der Waals surface area contributed by atoms with Crippen LogP contribution in [-0.2, 0) is 11.2 Å². The average Bonchev–Trinajstić information content (AvgIpc) is 3.39. The van der Waals surface area contributed by atoms with Gasteiger partial charge in [0.1, 0.15) is 0 Å². The van der Waals surface area contributed by atoms with E-state index in [1.807, 2.05) is 73.1 Å². The lowest BCUT2D eigenvalue weighted by atomic mass is 10.1. The van der Waals surface area contributed by atoms with Gasteiger partial charge in [0.2, 0.25) is 5.91 Å². The molecule has 0 atom stereocenters. The number of amides is 1. The molecule has 0 aliphatic carbocycles. The molecule has 0 bridgehead atoms. The smallest absolute Gasteiger partial charge is 0.222 e. The molecule has 0 aliphatic rings. The van der Waals surface area contributed by atoms with Crippen LogP contribution in [0.2, 0.25) is 10.0 Å². The van der Waals surface area contributed by atoms with Crippen molar-refractivity contribution in [3.63, 3.8) is 0 Å². The number of likely N-dealkylation sites (N-methyl/N-ethyl adjacent to an activating group) is 1. The lowest BCUT2D eigenvalue weighted by Gasteiger charge is -2.18. The normalized spacial score (nSPS) is 10.9. The number of hydrogen-bond acceptors (Lipinski definition) is 6. The van der Waals surface area contributed by atoms with Crippen molar-refractivity contribution in [2.75, 3.05) is 33.6 Å². The third-order valence-electron chi connectivity index (χ3n) is 6.48. The summed E-state index contributed by atoms with van der Waals surface area (Å²) >= 11 is 14.1. The zero-order valence-electron chi connectivity index (χ0n) is 23.0. The first-order chi connectivity index (χ1) is 19.3. The van der Waals surface area contributed by atoms with E-state index in [9.17, 15) is 4.79 Å². The van der Waals surface area contributed by atoms with Crippen LogP contribution in [0.25, 0.3) is 17.1 Å². The molecule has 4 rings (SSSR count). The molecular weight excluding hydrogens is 567 g/mol.